The van der Waals surface area contributed by atoms with E-state index in [1.165, 1.54) is 12.1 Å². The number of fused-ring (bicyclic) bond motifs is 3. The molecule has 1 amide bonds. The number of hydrogen-bond donors (Lipinski definition) is 1. The molecule has 0 radical (unpaired) electrons. The Morgan fingerprint density at radius 1 is 0.868 bits per heavy atom. The molecular weight excluding hydrogens is 504 g/mol. The predicted molar refractivity (Wildman–Crippen MR) is 144 cm³/mol. The van der Waals surface area contributed by atoms with E-state index >= 15 is 0 Å². The lowest BCUT2D eigenvalue weighted by Gasteiger charge is -2.25. The van der Waals surface area contributed by atoms with Crippen LogP contribution in [0.25, 0.3) is 11.1 Å². The van der Waals surface area contributed by atoms with Crippen LogP contribution in [-0.4, -0.2) is 56.6 Å². The van der Waals surface area contributed by atoms with Crippen molar-refractivity contribution in [3.8, 4) is 11.1 Å². The number of esters is 1. The molecule has 3 aromatic carbocycles. The first-order valence-electron chi connectivity index (χ1n) is 12.4. The second-order valence-electron chi connectivity index (χ2n) is 9.99. The smallest absolute Gasteiger partial charge is 0.407 e. The summed E-state index contributed by atoms with van der Waals surface area (Å²) >= 11 is 0. The first-order chi connectivity index (χ1) is 18.1. The quantitative estimate of drug-likeness (QED) is 0.403. The van der Waals surface area contributed by atoms with Crippen molar-refractivity contribution in [3.63, 3.8) is 0 Å². The van der Waals surface area contributed by atoms with Gasteiger partial charge in [0.1, 0.15) is 18.8 Å². The summed E-state index contributed by atoms with van der Waals surface area (Å²) in [5.74, 6) is -0.770. The summed E-state index contributed by atoms with van der Waals surface area (Å²) in [7, 11) is -4.00. The molecule has 9 heteroatoms. The van der Waals surface area contributed by atoms with E-state index in [0.29, 0.717) is 0 Å². The molecule has 0 bridgehead atoms. The molecule has 0 saturated heterocycles. The van der Waals surface area contributed by atoms with Gasteiger partial charge in [0.15, 0.2) is 0 Å². The van der Waals surface area contributed by atoms with Gasteiger partial charge in [-0.25, -0.2) is 13.2 Å². The molecule has 0 atom stereocenters. The van der Waals surface area contributed by atoms with Gasteiger partial charge in [-0.3, -0.25) is 4.79 Å². The van der Waals surface area contributed by atoms with Gasteiger partial charge < -0.3 is 14.8 Å². The SMILES string of the molecule is CC(C)(C)OC(=O)CN(CCNC(=O)OCC1c2ccccc2-c2ccccc21)S(=O)(=O)c1ccccc1. The Morgan fingerprint density at radius 3 is 2.00 bits per heavy atom. The van der Waals surface area contributed by atoms with Gasteiger partial charge in [-0.2, -0.15) is 4.31 Å². The Balaban J connectivity index is 1.38. The number of benzene rings is 3. The van der Waals surface area contributed by atoms with E-state index in [1.54, 1.807) is 39.0 Å². The Bertz CT molecular complexity index is 1350. The Morgan fingerprint density at radius 2 is 1.42 bits per heavy atom. The van der Waals surface area contributed by atoms with Crippen molar-refractivity contribution in [1.29, 1.82) is 0 Å². The van der Waals surface area contributed by atoms with Crippen LogP contribution in [-0.2, 0) is 24.3 Å². The van der Waals surface area contributed by atoms with Crippen LogP contribution in [0.3, 0.4) is 0 Å². The first-order valence-corrected chi connectivity index (χ1v) is 13.9. The topological polar surface area (TPSA) is 102 Å². The Hall–Kier alpha value is -3.69. The molecule has 3 aromatic rings. The summed E-state index contributed by atoms with van der Waals surface area (Å²) in [6, 6.07) is 23.9. The molecule has 1 aliphatic carbocycles. The molecule has 0 unspecified atom stereocenters. The van der Waals surface area contributed by atoms with E-state index in [4.69, 9.17) is 9.47 Å². The predicted octanol–water partition coefficient (Wildman–Crippen LogP) is 4.56. The van der Waals surface area contributed by atoms with E-state index in [9.17, 15) is 18.0 Å². The summed E-state index contributed by atoms with van der Waals surface area (Å²) in [4.78, 5) is 25.0. The molecule has 200 valence electrons. The van der Waals surface area contributed by atoms with Gasteiger partial charge in [0.2, 0.25) is 10.0 Å². The highest BCUT2D eigenvalue weighted by molar-refractivity contribution is 7.89. The number of carbonyl (C=O) groups is 2. The fourth-order valence-electron chi connectivity index (χ4n) is 4.48. The summed E-state index contributed by atoms with van der Waals surface area (Å²) in [5.41, 5.74) is 3.68. The van der Waals surface area contributed by atoms with E-state index in [-0.39, 0.29) is 30.5 Å². The Labute approximate surface area is 223 Å². The van der Waals surface area contributed by atoms with E-state index in [2.05, 4.69) is 17.4 Å². The van der Waals surface area contributed by atoms with Crippen LogP contribution in [0.2, 0.25) is 0 Å². The summed E-state index contributed by atoms with van der Waals surface area (Å²) in [5, 5.41) is 2.61. The third-order valence-corrected chi connectivity index (χ3v) is 7.94. The molecule has 0 aliphatic heterocycles. The Kier molecular flexibility index (Phi) is 8.18. The maximum Gasteiger partial charge on any atom is 0.407 e. The molecule has 0 aromatic heterocycles. The monoisotopic (exact) mass is 536 g/mol. The number of nitrogens with zero attached hydrogens (tertiary/aromatic N) is 1. The fraction of sp³-hybridized carbons (Fsp3) is 0.310. The van der Waals surface area contributed by atoms with E-state index in [0.717, 1.165) is 26.6 Å². The molecule has 0 saturated carbocycles. The van der Waals surface area contributed by atoms with Crippen LogP contribution >= 0.6 is 0 Å². The number of rotatable bonds is 9. The van der Waals surface area contributed by atoms with Crippen molar-refractivity contribution in [2.24, 2.45) is 0 Å². The largest absolute Gasteiger partial charge is 0.459 e. The first kappa shape index (κ1) is 27.3. The van der Waals surface area contributed by atoms with Gasteiger partial charge >= 0.3 is 12.1 Å². The molecule has 0 spiro atoms. The number of carbonyl (C=O) groups excluding carboxylic acids is 2. The zero-order valence-electron chi connectivity index (χ0n) is 21.7. The van der Waals surface area contributed by atoms with Crippen molar-refractivity contribution < 1.29 is 27.5 Å². The maximum atomic E-state index is 13.2. The van der Waals surface area contributed by atoms with Crippen LogP contribution < -0.4 is 5.32 Å². The fourth-order valence-corrected chi connectivity index (χ4v) is 5.88. The lowest BCUT2D eigenvalue weighted by atomic mass is 9.98. The van der Waals surface area contributed by atoms with Gasteiger partial charge in [0.05, 0.1) is 4.90 Å². The minimum Gasteiger partial charge on any atom is -0.459 e. The van der Waals surface area contributed by atoms with Crippen LogP contribution in [0, 0.1) is 0 Å². The lowest BCUT2D eigenvalue weighted by Crippen LogP contribution is -2.43. The maximum absolute atomic E-state index is 13.2. The van der Waals surface area contributed by atoms with Crippen LogP contribution in [0.15, 0.2) is 83.8 Å². The second kappa shape index (κ2) is 11.4. The second-order valence-corrected chi connectivity index (χ2v) is 11.9. The molecular formula is C29H32N2O6S. The average Bonchev–Trinajstić information content (AvgIpc) is 3.20. The molecule has 1 aliphatic rings. The zero-order valence-corrected chi connectivity index (χ0v) is 22.5. The van der Waals surface area contributed by atoms with Gasteiger partial charge in [-0.15, -0.1) is 0 Å². The molecule has 1 N–H and O–H groups in total. The van der Waals surface area contributed by atoms with Gasteiger partial charge in [0.25, 0.3) is 0 Å². The van der Waals surface area contributed by atoms with Gasteiger partial charge in [-0.05, 0) is 55.2 Å². The van der Waals surface area contributed by atoms with Crippen molar-refractivity contribution in [1.82, 2.24) is 9.62 Å². The van der Waals surface area contributed by atoms with Crippen LogP contribution in [0.1, 0.15) is 37.8 Å². The highest BCUT2D eigenvalue weighted by Crippen LogP contribution is 2.44. The van der Waals surface area contributed by atoms with Crippen molar-refractivity contribution >= 4 is 22.1 Å². The number of amides is 1. The highest BCUT2D eigenvalue weighted by atomic mass is 32.2. The number of sulfonamides is 1. The zero-order chi connectivity index (χ0) is 27.3. The van der Waals surface area contributed by atoms with Gasteiger partial charge in [-0.1, -0.05) is 66.7 Å². The summed E-state index contributed by atoms with van der Waals surface area (Å²) < 4.78 is 38.3. The molecule has 4 rings (SSSR count). The standard InChI is InChI=1S/C29H32N2O6S/c1-29(2,3)37-27(32)19-31(38(34,35)21-11-5-4-6-12-21)18-17-30-28(33)36-20-26-24-15-9-7-13-22(24)23-14-8-10-16-25(23)26/h4-16,26H,17-20H2,1-3H3,(H,30,33). The summed E-state index contributed by atoms with van der Waals surface area (Å²) in [6.45, 7) is 4.59. The van der Waals surface area contributed by atoms with E-state index in [1.807, 2.05) is 36.4 Å². The number of nitrogens with one attached hydrogen (secondary N) is 1. The van der Waals surface area contributed by atoms with Gasteiger partial charge in [0, 0.05) is 19.0 Å². The van der Waals surface area contributed by atoms with Crippen LogP contribution in [0.5, 0.6) is 0 Å². The third kappa shape index (κ3) is 6.41. The number of hydrogen-bond acceptors (Lipinski definition) is 6. The summed E-state index contributed by atoms with van der Waals surface area (Å²) in [6.07, 6.45) is -0.666. The molecule has 8 nitrogen and oxygen atoms in total. The highest BCUT2D eigenvalue weighted by Gasteiger charge is 2.30. The normalized spacial score (nSPS) is 13.1. The molecule has 0 fully saturated rings. The lowest BCUT2D eigenvalue weighted by molar-refractivity contribution is -0.154. The minimum atomic E-state index is -4.00. The van der Waals surface area contributed by atoms with Crippen molar-refractivity contribution in [2.75, 3.05) is 26.2 Å². The van der Waals surface area contributed by atoms with Crippen molar-refractivity contribution in [2.45, 2.75) is 37.2 Å². The molecule has 0 heterocycles. The number of alkyl carbamates (subject to hydrolysis) is 1. The van der Waals surface area contributed by atoms with Crippen molar-refractivity contribution in [3.05, 3.63) is 90.0 Å². The molecule has 38 heavy (non-hydrogen) atoms. The minimum absolute atomic E-state index is 0.0460. The third-order valence-electron chi connectivity index (χ3n) is 6.08. The average molecular weight is 537 g/mol. The van der Waals surface area contributed by atoms with Crippen LogP contribution in [0.4, 0.5) is 4.79 Å². The number of ether oxygens (including phenoxy) is 2. The van der Waals surface area contributed by atoms with E-state index < -0.39 is 34.2 Å².